The molecular formula is C3H9NO3. The molecule has 0 aliphatic carbocycles. The molecule has 0 saturated carbocycles. The summed E-state index contributed by atoms with van der Waals surface area (Å²) < 4.78 is 0. The van der Waals surface area contributed by atoms with Gasteiger partial charge in [-0.2, -0.15) is 9.59 Å². The Morgan fingerprint density at radius 1 is 1.57 bits per heavy atom. The minimum atomic E-state index is 0. The Bertz CT molecular complexity index is 39.4. The van der Waals surface area contributed by atoms with Gasteiger partial charge in [-0.3, -0.25) is 0 Å². The van der Waals surface area contributed by atoms with Gasteiger partial charge in [0.1, 0.15) is 0 Å². The van der Waals surface area contributed by atoms with E-state index >= 15 is 0 Å². The molecule has 0 rings (SSSR count). The Kier molecular flexibility index (Phi) is 135. The van der Waals surface area contributed by atoms with Gasteiger partial charge in [-0.1, -0.05) is 0 Å². The Balaban J connectivity index is -0.0000000400. The van der Waals surface area contributed by atoms with E-state index in [1.807, 2.05) is 0 Å². The lowest BCUT2D eigenvalue weighted by Crippen LogP contribution is -1.57. The van der Waals surface area contributed by atoms with Crippen LogP contribution in [0.3, 0.4) is 0 Å². The maximum Gasteiger partial charge on any atom is 0.373 e. The van der Waals surface area contributed by atoms with E-state index in [4.69, 9.17) is 14.7 Å². The summed E-state index contributed by atoms with van der Waals surface area (Å²) in [5.41, 5.74) is 0. The molecule has 0 bridgehead atoms. The maximum atomic E-state index is 8.12. The fourth-order valence-corrected chi connectivity index (χ4v) is 0. The molecule has 0 fully saturated rings. The van der Waals surface area contributed by atoms with Gasteiger partial charge in [0.15, 0.2) is 0 Å². The van der Waals surface area contributed by atoms with Crippen LogP contribution in [-0.2, 0) is 9.59 Å². The smallest absolute Gasteiger partial charge is 0.373 e. The third kappa shape index (κ3) is 118. The monoisotopic (exact) mass is 107 g/mol. The van der Waals surface area contributed by atoms with Crippen molar-refractivity contribution in [2.75, 3.05) is 6.61 Å². The molecule has 0 aromatic rings. The molecule has 0 aliphatic rings. The highest BCUT2D eigenvalue weighted by Gasteiger charge is 1.34. The first-order valence-electron chi connectivity index (χ1n) is 1.43. The molecule has 0 aromatic carbocycles. The van der Waals surface area contributed by atoms with Crippen molar-refractivity contribution >= 4 is 6.15 Å². The van der Waals surface area contributed by atoms with Crippen LogP contribution in [0.1, 0.15) is 6.92 Å². The molecule has 44 valence electrons. The number of aliphatic hydroxyl groups is 1. The molecule has 0 spiro atoms. The highest BCUT2D eigenvalue weighted by Crippen LogP contribution is 1.30. The zero-order valence-electron chi connectivity index (χ0n) is 4.18. The minimum Gasteiger partial charge on any atom is -0.397 e. The molecule has 0 saturated heterocycles. The summed E-state index contributed by atoms with van der Waals surface area (Å²) in [5, 5.41) is 7.57. The predicted octanol–water partition coefficient (Wildman–Crippen LogP) is -0.423. The Morgan fingerprint density at radius 3 is 1.57 bits per heavy atom. The fraction of sp³-hybridized carbons (Fsp3) is 0.667. The average molecular weight is 107 g/mol. The van der Waals surface area contributed by atoms with Gasteiger partial charge in [-0.05, 0) is 6.92 Å². The molecule has 0 heterocycles. The van der Waals surface area contributed by atoms with Gasteiger partial charge in [-0.25, -0.2) is 0 Å². The van der Waals surface area contributed by atoms with Crippen LogP contribution in [-0.4, -0.2) is 17.9 Å². The molecule has 0 atom stereocenters. The molecule has 0 aliphatic heterocycles. The van der Waals surface area contributed by atoms with E-state index in [1.54, 1.807) is 6.92 Å². The fourth-order valence-electron chi connectivity index (χ4n) is 0. The lowest BCUT2D eigenvalue weighted by Gasteiger charge is -1.52. The van der Waals surface area contributed by atoms with Crippen LogP contribution in [0, 0.1) is 0 Å². The predicted molar refractivity (Wildman–Crippen MR) is 22.8 cm³/mol. The number of rotatable bonds is 0. The molecule has 4 nitrogen and oxygen atoms in total. The van der Waals surface area contributed by atoms with Crippen molar-refractivity contribution in [3.05, 3.63) is 0 Å². The van der Waals surface area contributed by atoms with Gasteiger partial charge in [0.2, 0.25) is 0 Å². The minimum absolute atomic E-state index is 0. The topological polar surface area (TPSA) is 89.4 Å². The summed E-state index contributed by atoms with van der Waals surface area (Å²) in [6.45, 7) is 1.93. The first kappa shape index (κ1) is 16.3. The van der Waals surface area contributed by atoms with Crippen LogP contribution in [0.5, 0.6) is 0 Å². The van der Waals surface area contributed by atoms with E-state index in [0.29, 0.717) is 0 Å². The lowest BCUT2D eigenvalue weighted by molar-refractivity contribution is -0.191. The van der Waals surface area contributed by atoms with Gasteiger partial charge < -0.3 is 11.3 Å². The van der Waals surface area contributed by atoms with Crippen LogP contribution in [0.2, 0.25) is 0 Å². The summed E-state index contributed by atoms with van der Waals surface area (Å²) in [6, 6.07) is 0. The second-order valence-corrected chi connectivity index (χ2v) is 0.400. The zero-order valence-corrected chi connectivity index (χ0v) is 4.18. The molecule has 0 radical (unpaired) electrons. The highest BCUT2D eigenvalue weighted by molar-refractivity contribution is 5.20. The molecule has 0 aromatic heterocycles. The standard InChI is InChI=1S/C2H6O.CO2.H3N/c1-2-3;2-1-3;/h3H,2H2,1H3;;1H3. The van der Waals surface area contributed by atoms with E-state index in [9.17, 15) is 0 Å². The van der Waals surface area contributed by atoms with Crippen LogP contribution in [0.15, 0.2) is 0 Å². The summed E-state index contributed by atoms with van der Waals surface area (Å²) >= 11 is 0. The van der Waals surface area contributed by atoms with Gasteiger partial charge in [0, 0.05) is 6.61 Å². The first-order valence-corrected chi connectivity index (χ1v) is 1.43. The van der Waals surface area contributed by atoms with E-state index in [1.165, 1.54) is 0 Å². The van der Waals surface area contributed by atoms with E-state index in [-0.39, 0.29) is 18.9 Å². The van der Waals surface area contributed by atoms with Crippen molar-refractivity contribution in [2.45, 2.75) is 6.92 Å². The number of hydrogen-bond donors (Lipinski definition) is 2. The summed E-state index contributed by atoms with van der Waals surface area (Å²) in [5.74, 6) is 0. The van der Waals surface area contributed by atoms with Crippen molar-refractivity contribution in [1.82, 2.24) is 6.15 Å². The van der Waals surface area contributed by atoms with Crippen molar-refractivity contribution in [3.63, 3.8) is 0 Å². The Morgan fingerprint density at radius 2 is 1.57 bits per heavy atom. The van der Waals surface area contributed by atoms with Crippen LogP contribution in [0.4, 0.5) is 0 Å². The van der Waals surface area contributed by atoms with Crippen LogP contribution >= 0.6 is 0 Å². The molecule has 4 N–H and O–H groups in total. The Labute approximate surface area is 41.7 Å². The highest BCUT2D eigenvalue weighted by atomic mass is 16.2. The van der Waals surface area contributed by atoms with Crippen molar-refractivity contribution in [3.8, 4) is 0 Å². The number of carbonyl (C=O) groups excluding carboxylic acids is 2. The number of hydrogen-bond acceptors (Lipinski definition) is 4. The third-order valence-corrected chi connectivity index (χ3v) is 0. The van der Waals surface area contributed by atoms with Crippen LogP contribution < -0.4 is 6.15 Å². The van der Waals surface area contributed by atoms with Gasteiger partial charge in [0.05, 0.1) is 0 Å². The van der Waals surface area contributed by atoms with Gasteiger partial charge in [-0.15, -0.1) is 0 Å². The number of aliphatic hydroxyl groups excluding tert-OH is 1. The third-order valence-electron chi connectivity index (χ3n) is 0. The molecular weight excluding hydrogens is 98.0 g/mol. The first-order chi connectivity index (χ1) is 2.83. The molecule has 0 unspecified atom stereocenters. The molecule has 4 heteroatoms. The lowest BCUT2D eigenvalue weighted by atomic mass is 10.9. The van der Waals surface area contributed by atoms with Crippen molar-refractivity contribution in [2.24, 2.45) is 0 Å². The largest absolute Gasteiger partial charge is 0.397 e. The van der Waals surface area contributed by atoms with Crippen molar-refractivity contribution in [1.29, 1.82) is 0 Å². The Hall–Kier alpha value is -0.700. The normalized spacial score (nSPS) is 3.71. The second-order valence-electron chi connectivity index (χ2n) is 0.400. The van der Waals surface area contributed by atoms with Gasteiger partial charge in [0.25, 0.3) is 0 Å². The van der Waals surface area contributed by atoms with E-state index in [2.05, 4.69) is 0 Å². The maximum absolute atomic E-state index is 8.12. The zero-order chi connectivity index (χ0) is 5.41. The van der Waals surface area contributed by atoms with Gasteiger partial charge >= 0.3 is 6.15 Å². The average Bonchev–Trinajstić information content (AvgIpc) is 1.39. The second kappa shape index (κ2) is 58.0. The summed E-state index contributed by atoms with van der Waals surface area (Å²) in [6.07, 6.45) is 0.250. The van der Waals surface area contributed by atoms with Crippen molar-refractivity contribution < 1.29 is 14.7 Å². The quantitative estimate of drug-likeness (QED) is 0.439. The van der Waals surface area contributed by atoms with E-state index < -0.39 is 0 Å². The molecule has 7 heavy (non-hydrogen) atoms. The SMILES string of the molecule is CCO.N.O=C=O. The van der Waals surface area contributed by atoms with Crippen LogP contribution in [0.25, 0.3) is 0 Å². The van der Waals surface area contributed by atoms with E-state index in [0.717, 1.165) is 0 Å². The summed E-state index contributed by atoms with van der Waals surface area (Å²) in [4.78, 5) is 16.2. The molecule has 0 amide bonds. The summed E-state index contributed by atoms with van der Waals surface area (Å²) in [7, 11) is 0.